The van der Waals surface area contributed by atoms with Gasteiger partial charge in [0, 0.05) is 23.7 Å². The van der Waals surface area contributed by atoms with Crippen molar-refractivity contribution in [2.75, 3.05) is 13.2 Å². The maximum atomic E-state index is 12.4. The van der Waals surface area contributed by atoms with Gasteiger partial charge in [-0.2, -0.15) is 0 Å². The molecule has 0 atom stereocenters. The van der Waals surface area contributed by atoms with Crippen LogP contribution in [0.5, 0.6) is 0 Å². The number of ether oxygens (including phenoxy) is 1. The second-order valence-electron chi connectivity index (χ2n) is 5.91. The molecule has 7 nitrogen and oxygen atoms in total. The van der Waals surface area contributed by atoms with Crippen LogP contribution in [-0.2, 0) is 16.1 Å². The Morgan fingerprint density at radius 3 is 2.69 bits per heavy atom. The second kappa shape index (κ2) is 11.2. The molecule has 1 aromatic carbocycles. The van der Waals surface area contributed by atoms with Crippen LogP contribution in [0.4, 0.5) is 8.78 Å². The Kier molecular flexibility index (Phi) is 8.63. The molecule has 0 unspecified atom stereocenters. The number of benzene rings is 1. The molecule has 2 rings (SSSR count). The van der Waals surface area contributed by atoms with E-state index >= 15 is 0 Å². The van der Waals surface area contributed by atoms with Gasteiger partial charge in [0.05, 0.1) is 19.0 Å². The molecule has 2 aromatic rings. The maximum Gasteiger partial charge on any atom is 0.281 e. The summed E-state index contributed by atoms with van der Waals surface area (Å²) in [5.41, 5.74) is 0.644. The van der Waals surface area contributed by atoms with Crippen LogP contribution in [0.25, 0.3) is 0 Å². The van der Waals surface area contributed by atoms with E-state index < -0.39 is 18.0 Å². The van der Waals surface area contributed by atoms with Crippen molar-refractivity contribution in [1.29, 1.82) is 0 Å². The Hall–Kier alpha value is -2.91. The summed E-state index contributed by atoms with van der Waals surface area (Å²) < 4.78 is 30.1. The number of alkyl halides is 2. The molecule has 1 heterocycles. The van der Waals surface area contributed by atoms with Gasteiger partial charge in [-0.1, -0.05) is 30.3 Å². The average Bonchev–Trinajstić information content (AvgIpc) is 2.68. The van der Waals surface area contributed by atoms with Crippen molar-refractivity contribution in [1.82, 2.24) is 20.6 Å². The summed E-state index contributed by atoms with van der Waals surface area (Å²) in [4.78, 5) is 30.8. The zero-order valence-corrected chi connectivity index (χ0v) is 16.1. The highest BCUT2D eigenvalue weighted by Gasteiger charge is 2.12. The summed E-state index contributed by atoms with van der Waals surface area (Å²) in [6.07, 6.45) is -0.651. The third-order valence-electron chi connectivity index (χ3n) is 3.55. The molecule has 154 valence electrons. The Bertz CT molecular complexity index is 863. The maximum absolute atomic E-state index is 12.4. The highest BCUT2D eigenvalue weighted by molar-refractivity contribution is 6.30. The van der Waals surface area contributed by atoms with Gasteiger partial charge >= 0.3 is 0 Å². The van der Waals surface area contributed by atoms with Gasteiger partial charge in [0.2, 0.25) is 5.91 Å². The van der Waals surface area contributed by atoms with E-state index in [2.05, 4.69) is 27.2 Å². The number of carbonyl (C=O) groups excluding carboxylic acids is 2. The van der Waals surface area contributed by atoms with Crippen molar-refractivity contribution in [2.24, 2.45) is 0 Å². The second-order valence-corrected chi connectivity index (χ2v) is 6.34. The summed E-state index contributed by atoms with van der Waals surface area (Å²) in [7, 11) is 0. The Balaban J connectivity index is 1.64. The average molecular weight is 425 g/mol. The zero-order chi connectivity index (χ0) is 21.2. The molecule has 0 radical (unpaired) electrons. The van der Waals surface area contributed by atoms with E-state index in [0.29, 0.717) is 10.7 Å². The number of amides is 2. The summed E-state index contributed by atoms with van der Waals surface area (Å²) in [6.45, 7) is 3.95. The molecule has 1 aromatic heterocycles. The number of nitrogens with one attached hydrogen (secondary N) is 2. The van der Waals surface area contributed by atoms with Crippen molar-refractivity contribution in [3.63, 3.8) is 0 Å². The first-order valence-corrected chi connectivity index (χ1v) is 8.91. The first kappa shape index (κ1) is 22.4. The van der Waals surface area contributed by atoms with Gasteiger partial charge in [-0.15, -0.1) is 0 Å². The molecule has 0 aliphatic carbocycles. The van der Waals surface area contributed by atoms with Crippen LogP contribution < -0.4 is 10.6 Å². The summed E-state index contributed by atoms with van der Waals surface area (Å²) in [5, 5.41) is 5.69. The molecule has 10 heteroatoms. The van der Waals surface area contributed by atoms with Crippen LogP contribution in [0.15, 0.2) is 48.9 Å². The minimum atomic E-state index is -2.75. The lowest BCUT2D eigenvalue weighted by Gasteiger charge is -2.10. The summed E-state index contributed by atoms with van der Waals surface area (Å²) >= 11 is 5.87. The summed E-state index contributed by atoms with van der Waals surface area (Å²) in [6, 6.07) is 7.10. The van der Waals surface area contributed by atoms with Gasteiger partial charge in [0.25, 0.3) is 12.3 Å². The van der Waals surface area contributed by atoms with Crippen LogP contribution in [0, 0.1) is 0 Å². The Labute approximate surface area is 171 Å². The van der Waals surface area contributed by atoms with Crippen LogP contribution in [-0.4, -0.2) is 34.9 Å². The van der Waals surface area contributed by atoms with Crippen molar-refractivity contribution < 1.29 is 23.1 Å². The molecular weight excluding hydrogens is 406 g/mol. The van der Waals surface area contributed by atoms with Gasteiger partial charge in [0.15, 0.2) is 0 Å². The fraction of sp³-hybridized carbons (Fsp3) is 0.263. The van der Waals surface area contributed by atoms with Gasteiger partial charge in [-0.3, -0.25) is 14.6 Å². The molecule has 0 fully saturated rings. The Morgan fingerprint density at radius 2 is 2.03 bits per heavy atom. The minimum absolute atomic E-state index is 0.0848. The normalized spacial score (nSPS) is 10.6. The third kappa shape index (κ3) is 7.92. The van der Waals surface area contributed by atoms with E-state index in [0.717, 1.165) is 18.0 Å². The van der Waals surface area contributed by atoms with Gasteiger partial charge < -0.3 is 15.4 Å². The zero-order valence-electron chi connectivity index (χ0n) is 15.3. The molecule has 0 saturated heterocycles. The molecule has 0 spiro atoms. The van der Waals surface area contributed by atoms with Crippen molar-refractivity contribution in [3.8, 4) is 0 Å². The molecular formula is C19H19ClF2N4O3. The number of rotatable bonds is 10. The molecule has 2 amide bonds. The van der Waals surface area contributed by atoms with E-state index in [1.165, 1.54) is 0 Å². The first-order chi connectivity index (χ1) is 13.8. The van der Waals surface area contributed by atoms with Crippen LogP contribution >= 0.6 is 11.6 Å². The number of nitrogens with zero attached hydrogens (tertiary/aromatic N) is 2. The van der Waals surface area contributed by atoms with Crippen molar-refractivity contribution in [2.45, 2.75) is 19.5 Å². The molecule has 2 N–H and O–H groups in total. The summed E-state index contributed by atoms with van der Waals surface area (Å²) in [5.74, 6) is -0.945. The van der Waals surface area contributed by atoms with E-state index in [1.54, 1.807) is 18.2 Å². The molecule has 0 bridgehead atoms. The van der Waals surface area contributed by atoms with E-state index in [9.17, 15) is 18.4 Å². The largest absolute Gasteiger partial charge is 0.367 e. The lowest BCUT2D eigenvalue weighted by Crippen LogP contribution is -2.30. The number of hydrogen-bond acceptors (Lipinski definition) is 5. The molecule has 29 heavy (non-hydrogen) atoms. The lowest BCUT2D eigenvalue weighted by molar-refractivity contribution is -0.125. The van der Waals surface area contributed by atoms with E-state index in [1.807, 2.05) is 6.07 Å². The number of aromatic nitrogens is 2. The SMILES string of the molecule is C=C(CCNC(=O)c1cnc(C(F)F)cn1)NC(=O)COCc1cccc(Cl)c1. The highest BCUT2D eigenvalue weighted by atomic mass is 35.5. The van der Waals surface area contributed by atoms with Crippen LogP contribution in [0.1, 0.15) is 34.6 Å². The topological polar surface area (TPSA) is 93.2 Å². The fourth-order valence-corrected chi connectivity index (χ4v) is 2.38. The van der Waals surface area contributed by atoms with Crippen LogP contribution in [0.2, 0.25) is 5.02 Å². The highest BCUT2D eigenvalue weighted by Crippen LogP contribution is 2.14. The van der Waals surface area contributed by atoms with Gasteiger partial charge in [-0.05, 0) is 17.7 Å². The standard InChI is InChI=1S/C19H19ClF2N4O3/c1-12(26-17(27)11-29-10-13-3-2-4-14(20)7-13)5-6-23-19(28)16-9-24-15(8-25-16)18(21)22/h2-4,7-9,18H,1,5-6,10-11H2,(H,23,28)(H,26,27). The lowest BCUT2D eigenvalue weighted by atomic mass is 10.2. The van der Waals surface area contributed by atoms with Crippen molar-refractivity contribution >= 4 is 23.4 Å². The first-order valence-electron chi connectivity index (χ1n) is 8.53. The third-order valence-corrected chi connectivity index (χ3v) is 3.78. The molecule has 0 aliphatic heterocycles. The number of hydrogen-bond donors (Lipinski definition) is 2. The van der Waals surface area contributed by atoms with E-state index in [-0.39, 0.29) is 37.8 Å². The van der Waals surface area contributed by atoms with Crippen molar-refractivity contribution in [3.05, 3.63) is 70.9 Å². The predicted octanol–water partition coefficient (Wildman–Crippen LogP) is 3.03. The minimum Gasteiger partial charge on any atom is -0.367 e. The molecule has 0 aliphatic rings. The predicted molar refractivity (Wildman–Crippen MR) is 102 cm³/mol. The fourth-order valence-electron chi connectivity index (χ4n) is 2.17. The monoisotopic (exact) mass is 424 g/mol. The van der Waals surface area contributed by atoms with E-state index in [4.69, 9.17) is 16.3 Å². The smallest absolute Gasteiger partial charge is 0.281 e. The number of carbonyl (C=O) groups is 2. The Morgan fingerprint density at radius 1 is 1.24 bits per heavy atom. The van der Waals surface area contributed by atoms with Gasteiger partial charge in [0.1, 0.15) is 18.0 Å². The van der Waals surface area contributed by atoms with Crippen LogP contribution in [0.3, 0.4) is 0 Å². The number of halogens is 3. The van der Waals surface area contributed by atoms with Gasteiger partial charge in [-0.25, -0.2) is 13.8 Å². The molecule has 0 saturated carbocycles. The quantitative estimate of drug-likeness (QED) is 0.611.